The molecule has 1 aliphatic heterocycles. The normalized spacial score (nSPS) is 17.7. The Labute approximate surface area is 146 Å². The molecule has 1 aromatic carbocycles. The molecule has 2 N–H and O–H groups in total. The van der Waals surface area contributed by atoms with Gasteiger partial charge in [-0.2, -0.15) is 5.10 Å². The summed E-state index contributed by atoms with van der Waals surface area (Å²) in [5.41, 5.74) is 0.487. The number of carbonyl (C=O) groups is 1. The van der Waals surface area contributed by atoms with Crippen molar-refractivity contribution < 1.29 is 13.2 Å². The lowest BCUT2D eigenvalue weighted by Gasteiger charge is -2.10. The minimum atomic E-state index is -3.59. The zero-order chi connectivity index (χ0) is 17.9. The third kappa shape index (κ3) is 3.87. The Morgan fingerprint density at radius 1 is 1.36 bits per heavy atom. The molecule has 0 spiro atoms. The summed E-state index contributed by atoms with van der Waals surface area (Å²) in [6.07, 6.45) is 4.31. The van der Waals surface area contributed by atoms with Gasteiger partial charge in [0, 0.05) is 31.0 Å². The van der Waals surface area contributed by atoms with Crippen molar-refractivity contribution in [3.05, 3.63) is 48.3 Å². The van der Waals surface area contributed by atoms with E-state index in [1.165, 1.54) is 6.07 Å². The van der Waals surface area contributed by atoms with Crippen molar-refractivity contribution in [2.24, 2.45) is 4.99 Å². The first-order valence-electron chi connectivity index (χ1n) is 7.92. The SMILES string of the molecule is C[C@H](N=C1NS(=O)(=O)c2ccccc21)C(=O)NCCCn1cccn1. The van der Waals surface area contributed by atoms with Gasteiger partial charge >= 0.3 is 0 Å². The van der Waals surface area contributed by atoms with Crippen LogP contribution in [0.1, 0.15) is 18.9 Å². The number of benzene rings is 1. The van der Waals surface area contributed by atoms with Crippen LogP contribution in [-0.4, -0.2) is 42.5 Å². The van der Waals surface area contributed by atoms with E-state index >= 15 is 0 Å². The van der Waals surface area contributed by atoms with Crippen molar-refractivity contribution in [3.63, 3.8) is 0 Å². The summed E-state index contributed by atoms with van der Waals surface area (Å²) >= 11 is 0. The van der Waals surface area contributed by atoms with Crippen LogP contribution in [0.5, 0.6) is 0 Å². The molecule has 0 radical (unpaired) electrons. The number of aromatic nitrogens is 2. The van der Waals surface area contributed by atoms with Crippen LogP contribution >= 0.6 is 0 Å². The van der Waals surface area contributed by atoms with Crippen LogP contribution in [-0.2, 0) is 21.4 Å². The molecule has 25 heavy (non-hydrogen) atoms. The van der Waals surface area contributed by atoms with Gasteiger partial charge in [-0.25, -0.2) is 8.42 Å². The second-order valence-electron chi connectivity index (χ2n) is 5.67. The maximum Gasteiger partial charge on any atom is 0.263 e. The number of nitrogens with one attached hydrogen (secondary N) is 2. The highest BCUT2D eigenvalue weighted by atomic mass is 32.2. The molecule has 9 heteroatoms. The van der Waals surface area contributed by atoms with Crippen molar-refractivity contribution >= 4 is 21.8 Å². The van der Waals surface area contributed by atoms with Crippen LogP contribution in [0.2, 0.25) is 0 Å². The lowest BCUT2D eigenvalue weighted by Crippen LogP contribution is -2.34. The molecule has 0 saturated heterocycles. The van der Waals surface area contributed by atoms with Crippen LogP contribution < -0.4 is 10.0 Å². The molecule has 0 fully saturated rings. The molecule has 1 atom stereocenters. The van der Waals surface area contributed by atoms with Gasteiger partial charge in [-0.3, -0.25) is 19.2 Å². The van der Waals surface area contributed by atoms with Crippen molar-refractivity contribution in [2.75, 3.05) is 6.54 Å². The van der Waals surface area contributed by atoms with E-state index in [0.29, 0.717) is 18.7 Å². The molecule has 0 aliphatic carbocycles. The maximum atomic E-state index is 12.1. The van der Waals surface area contributed by atoms with E-state index in [9.17, 15) is 13.2 Å². The monoisotopic (exact) mass is 361 g/mol. The third-order valence-electron chi connectivity index (χ3n) is 3.79. The predicted octanol–water partition coefficient (Wildman–Crippen LogP) is 0.517. The number of hydrogen-bond donors (Lipinski definition) is 2. The fourth-order valence-electron chi connectivity index (χ4n) is 2.52. The molecule has 8 nitrogen and oxygen atoms in total. The lowest BCUT2D eigenvalue weighted by molar-refractivity contribution is -0.121. The Kier molecular flexibility index (Phi) is 4.84. The number of nitrogens with zero attached hydrogens (tertiary/aromatic N) is 3. The summed E-state index contributed by atoms with van der Waals surface area (Å²) in [5.74, 6) is -0.0497. The second-order valence-corrected chi connectivity index (χ2v) is 7.32. The van der Waals surface area contributed by atoms with E-state index in [1.54, 1.807) is 36.0 Å². The van der Waals surface area contributed by atoms with Gasteiger partial charge in [-0.1, -0.05) is 12.1 Å². The highest BCUT2D eigenvalue weighted by Crippen LogP contribution is 2.22. The van der Waals surface area contributed by atoms with Gasteiger partial charge in [0.05, 0.1) is 4.90 Å². The van der Waals surface area contributed by atoms with Crippen LogP contribution in [0.3, 0.4) is 0 Å². The summed E-state index contributed by atoms with van der Waals surface area (Å²) in [7, 11) is -3.59. The molecule has 3 rings (SSSR count). The number of amidine groups is 1. The zero-order valence-corrected chi connectivity index (χ0v) is 14.5. The number of amides is 1. The summed E-state index contributed by atoms with van der Waals surface area (Å²) in [4.78, 5) is 16.6. The van der Waals surface area contributed by atoms with Crippen molar-refractivity contribution in [1.82, 2.24) is 19.8 Å². The van der Waals surface area contributed by atoms with E-state index in [2.05, 4.69) is 20.1 Å². The molecule has 1 amide bonds. The Hall–Kier alpha value is -2.68. The first kappa shape index (κ1) is 17.2. The summed E-state index contributed by atoms with van der Waals surface area (Å²) in [5, 5.41) is 6.89. The largest absolute Gasteiger partial charge is 0.354 e. The fourth-order valence-corrected chi connectivity index (χ4v) is 3.75. The van der Waals surface area contributed by atoms with Crippen LogP contribution in [0.15, 0.2) is 52.6 Å². The minimum Gasteiger partial charge on any atom is -0.354 e. The van der Waals surface area contributed by atoms with Crippen LogP contribution in [0, 0.1) is 0 Å². The van der Waals surface area contributed by atoms with Gasteiger partial charge in [-0.05, 0) is 31.5 Å². The summed E-state index contributed by atoms with van der Waals surface area (Å²) in [6.45, 7) is 2.84. The minimum absolute atomic E-state index is 0.181. The van der Waals surface area contributed by atoms with Crippen LogP contribution in [0.25, 0.3) is 0 Å². The Bertz CT molecular complexity index is 890. The highest BCUT2D eigenvalue weighted by Gasteiger charge is 2.31. The summed E-state index contributed by atoms with van der Waals surface area (Å²) < 4.78 is 28.3. The van der Waals surface area contributed by atoms with E-state index < -0.39 is 16.1 Å². The molecule has 1 aromatic heterocycles. The smallest absolute Gasteiger partial charge is 0.263 e. The van der Waals surface area contributed by atoms with Crippen LogP contribution in [0.4, 0.5) is 0 Å². The van der Waals surface area contributed by atoms with Crippen molar-refractivity contribution in [2.45, 2.75) is 30.8 Å². The van der Waals surface area contributed by atoms with Gasteiger partial charge in [0.2, 0.25) is 5.91 Å². The Morgan fingerprint density at radius 3 is 2.92 bits per heavy atom. The van der Waals surface area contributed by atoms with E-state index in [4.69, 9.17) is 0 Å². The number of aryl methyl sites for hydroxylation is 1. The molecule has 1 aliphatic rings. The fraction of sp³-hybridized carbons (Fsp3) is 0.312. The Balaban J connectivity index is 1.59. The van der Waals surface area contributed by atoms with Gasteiger partial charge in [-0.15, -0.1) is 0 Å². The molecule has 0 unspecified atom stereocenters. The quantitative estimate of drug-likeness (QED) is 0.732. The third-order valence-corrected chi connectivity index (χ3v) is 5.18. The number of aliphatic imine (C=N–C) groups is 1. The maximum absolute atomic E-state index is 12.1. The number of sulfonamides is 1. The van der Waals surface area contributed by atoms with Crippen molar-refractivity contribution in [1.29, 1.82) is 0 Å². The van der Waals surface area contributed by atoms with E-state index in [-0.39, 0.29) is 16.6 Å². The number of fused-ring (bicyclic) bond motifs is 1. The highest BCUT2D eigenvalue weighted by molar-refractivity contribution is 7.90. The second kappa shape index (κ2) is 7.06. The molecule has 2 aromatic rings. The van der Waals surface area contributed by atoms with E-state index in [1.807, 2.05) is 12.3 Å². The van der Waals surface area contributed by atoms with Gasteiger partial charge in [0.15, 0.2) is 0 Å². The molecule has 2 heterocycles. The zero-order valence-electron chi connectivity index (χ0n) is 13.7. The summed E-state index contributed by atoms with van der Waals surface area (Å²) in [6, 6.07) is 7.71. The molecular formula is C16H19N5O3S. The molecule has 0 bridgehead atoms. The average molecular weight is 361 g/mol. The number of rotatable bonds is 6. The van der Waals surface area contributed by atoms with Gasteiger partial charge < -0.3 is 5.32 Å². The predicted molar refractivity (Wildman–Crippen MR) is 92.6 cm³/mol. The standard InChI is InChI=1S/C16H19N5O3S/c1-12(16(22)17-8-4-10-21-11-5-9-18-21)19-15-13-6-2-3-7-14(13)25(23,24)20-15/h2-3,5-7,9,11-12H,4,8,10H2,1H3,(H,17,22)(H,19,20)/t12-/m0/s1. The number of hydrogen-bond acceptors (Lipinski definition) is 5. The first-order chi connectivity index (χ1) is 12.0. The van der Waals surface area contributed by atoms with E-state index in [0.717, 1.165) is 6.42 Å². The lowest BCUT2D eigenvalue weighted by atomic mass is 10.2. The topological polar surface area (TPSA) is 105 Å². The van der Waals surface area contributed by atoms with Crippen molar-refractivity contribution in [3.8, 4) is 0 Å². The molecular weight excluding hydrogens is 342 g/mol. The number of carbonyl (C=O) groups excluding carboxylic acids is 1. The Morgan fingerprint density at radius 2 is 2.16 bits per heavy atom. The van der Waals surface area contributed by atoms with Gasteiger partial charge in [0.1, 0.15) is 11.9 Å². The average Bonchev–Trinajstić information content (AvgIpc) is 3.19. The molecule has 132 valence electrons. The first-order valence-corrected chi connectivity index (χ1v) is 9.41. The van der Waals surface area contributed by atoms with Gasteiger partial charge in [0.25, 0.3) is 10.0 Å². The molecule has 0 saturated carbocycles.